The molecule has 1 fully saturated rings. The number of ether oxygens (including phenoxy) is 2. The molecule has 1 aliphatic rings. The third-order valence-electron chi connectivity index (χ3n) is 4.16. The Morgan fingerprint density at radius 2 is 1.88 bits per heavy atom. The summed E-state index contributed by atoms with van der Waals surface area (Å²) in [5.41, 5.74) is 1.58. The van der Waals surface area contributed by atoms with Crippen LogP contribution in [0.4, 0.5) is 0 Å². The second-order valence-electron chi connectivity index (χ2n) is 6.73. The van der Waals surface area contributed by atoms with Gasteiger partial charge in [-0.2, -0.15) is 4.98 Å². The molecule has 3 rings (SSSR count). The fourth-order valence-corrected chi connectivity index (χ4v) is 3.13. The first kappa shape index (κ1) is 18.2. The summed E-state index contributed by atoms with van der Waals surface area (Å²) in [4.78, 5) is 34.9. The average Bonchev–Trinajstić information content (AvgIpc) is 2.97. The Labute approximate surface area is 151 Å². The standard InChI is InChI=1S/C17H23N5O4/c1-9-6-10(2)22-17(18-9)19-14(20-22)16(24)26-13(5)15(23)21-7-11(3)25-12(4)8-21/h6,11-13H,7-8H2,1-5H3. The van der Waals surface area contributed by atoms with E-state index in [4.69, 9.17) is 9.47 Å². The van der Waals surface area contributed by atoms with Crippen molar-refractivity contribution in [2.45, 2.75) is 52.9 Å². The van der Waals surface area contributed by atoms with Crippen molar-refractivity contribution in [3.63, 3.8) is 0 Å². The molecule has 2 aromatic rings. The van der Waals surface area contributed by atoms with Crippen LogP contribution in [0.1, 0.15) is 42.8 Å². The summed E-state index contributed by atoms with van der Waals surface area (Å²) in [5, 5.41) is 4.13. The first-order valence-corrected chi connectivity index (χ1v) is 8.61. The summed E-state index contributed by atoms with van der Waals surface area (Å²) in [6.07, 6.45) is -1.03. The van der Waals surface area contributed by atoms with Gasteiger partial charge < -0.3 is 14.4 Å². The fraction of sp³-hybridized carbons (Fsp3) is 0.588. The number of carbonyl (C=O) groups is 2. The van der Waals surface area contributed by atoms with Crippen molar-refractivity contribution in [1.82, 2.24) is 24.5 Å². The lowest BCUT2D eigenvalue weighted by atomic mass is 10.2. The van der Waals surface area contributed by atoms with Crippen molar-refractivity contribution in [3.05, 3.63) is 23.3 Å². The van der Waals surface area contributed by atoms with Gasteiger partial charge in [-0.1, -0.05) is 0 Å². The first-order chi connectivity index (χ1) is 12.2. The van der Waals surface area contributed by atoms with Gasteiger partial charge in [0.2, 0.25) is 0 Å². The Balaban J connectivity index is 1.71. The number of rotatable bonds is 3. The highest BCUT2D eigenvalue weighted by Gasteiger charge is 2.31. The molecule has 26 heavy (non-hydrogen) atoms. The Bertz CT molecular complexity index is 839. The predicted octanol–water partition coefficient (Wildman–Crippen LogP) is 0.922. The number of hydrogen-bond acceptors (Lipinski definition) is 7. The van der Waals surface area contributed by atoms with Gasteiger partial charge in [-0.3, -0.25) is 4.79 Å². The van der Waals surface area contributed by atoms with Crippen LogP contribution in [0, 0.1) is 13.8 Å². The van der Waals surface area contributed by atoms with Crippen molar-refractivity contribution in [2.24, 2.45) is 0 Å². The van der Waals surface area contributed by atoms with E-state index < -0.39 is 12.1 Å². The van der Waals surface area contributed by atoms with Crippen molar-refractivity contribution in [3.8, 4) is 0 Å². The van der Waals surface area contributed by atoms with Crippen LogP contribution in [0.3, 0.4) is 0 Å². The summed E-state index contributed by atoms with van der Waals surface area (Å²) in [5.74, 6) is -0.796. The van der Waals surface area contributed by atoms with Gasteiger partial charge >= 0.3 is 5.97 Å². The quantitative estimate of drug-likeness (QED) is 0.750. The highest BCUT2D eigenvalue weighted by molar-refractivity contribution is 5.89. The van der Waals surface area contributed by atoms with E-state index >= 15 is 0 Å². The molecule has 3 atom stereocenters. The van der Waals surface area contributed by atoms with Gasteiger partial charge in [-0.05, 0) is 40.7 Å². The van der Waals surface area contributed by atoms with Crippen molar-refractivity contribution in [2.75, 3.05) is 13.1 Å². The molecule has 0 N–H and O–H groups in total. The minimum atomic E-state index is -0.928. The van der Waals surface area contributed by atoms with Crippen molar-refractivity contribution >= 4 is 17.7 Å². The van der Waals surface area contributed by atoms with Gasteiger partial charge in [0, 0.05) is 24.5 Å². The fourth-order valence-electron chi connectivity index (χ4n) is 3.13. The molecule has 1 saturated heterocycles. The van der Waals surface area contributed by atoms with Crippen LogP contribution in [0.15, 0.2) is 6.07 Å². The molecule has 9 heteroatoms. The molecule has 140 valence electrons. The van der Waals surface area contributed by atoms with E-state index in [-0.39, 0.29) is 23.9 Å². The number of aromatic nitrogens is 4. The lowest BCUT2D eigenvalue weighted by molar-refractivity contribution is -0.151. The number of hydrogen-bond donors (Lipinski definition) is 0. The molecule has 3 heterocycles. The summed E-state index contributed by atoms with van der Waals surface area (Å²) >= 11 is 0. The topological polar surface area (TPSA) is 98.9 Å². The monoisotopic (exact) mass is 361 g/mol. The number of aryl methyl sites for hydroxylation is 2. The molecule has 1 aliphatic heterocycles. The second-order valence-corrected chi connectivity index (χ2v) is 6.73. The molecule has 0 spiro atoms. The molecule has 1 amide bonds. The van der Waals surface area contributed by atoms with Crippen LogP contribution < -0.4 is 0 Å². The van der Waals surface area contributed by atoms with Crippen LogP contribution in [0.25, 0.3) is 5.78 Å². The van der Waals surface area contributed by atoms with Crippen LogP contribution in [0.2, 0.25) is 0 Å². The molecule has 0 aliphatic carbocycles. The molecular weight excluding hydrogens is 338 g/mol. The van der Waals surface area contributed by atoms with Crippen LogP contribution >= 0.6 is 0 Å². The number of amides is 1. The lowest BCUT2D eigenvalue weighted by Gasteiger charge is -2.36. The molecule has 0 bridgehead atoms. The zero-order valence-electron chi connectivity index (χ0n) is 15.6. The maximum Gasteiger partial charge on any atom is 0.379 e. The number of esters is 1. The highest BCUT2D eigenvalue weighted by Crippen LogP contribution is 2.13. The van der Waals surface area contributed by atoms with E-state index in [1.54, 1.807) is 11.8 Å². The first-order valence-electron chi connectivity index (χ1n) is 8.61. The van der Waals surface area contributed by atoms with E-state index in [0.29, 0.717) is 18.9 Å². The summed E-state index contributed by atoms with van der Waals surface area (Å²) in [7, 11) is 0. The Morgan fingerprint density at radius 1 is 1.23 bits per heavy atom. The summed E-state index contributed by atoms with van der Waals surface area (Å²) in [6.45, 7) is 9.99. The minimum Gasteiger partial charge on any atom is -0.447 e. The van der Waals surface area contributed by atoms with Gasteiger partial charge in [0.15, 0.2) is 6.10 Å². The van der Waals surface area contributed by atoms with Gasteiger partial charge in [0.1, 0.15) is 0 Å². The highest BCUT2D eigenvalue weighted by atomic mass is 16.5. The van der Waals surface area contributed by atoms with Gasteiger partial charge in [-0.15, -0.1) is 5.10 Å². The zero-order chi connectivity index (χ0) is 19.0. The molecule has 0 radical (unpaired) electrons. The lowest BCUT2D eigenvalue weighted by Crippen LogP contribution is -2.51. The second kappa shape index (κ2) is 6.99. The molecule has 0 aromatic carbocycles. The van der Waals surface area contributed by atoms with E-state index in [1.807, 2.05) is 33.8 Å². The molecule has 2 aromatic heterocycles. The van der Waals surface area contributed by atoms with E-state index in [0.717, 1.165) is 11.4 Å². The van der Waals surface area contributed by atoms with E-state index in [9.17, 15) is 9.59 Å². The van der Waals surface area contributed by atoms with Crippen LogP contribution in [-0.2, 0) is 14.3 Å². The zero-order valence-corrected chi connectivity index (χ0v) is 15.6. The normalized spacial score (nSPS) is 21.7. The smallest absolute Gasteiger partial charge is 0.379 e. The third-order valence-corrected chi connectivity index (χ3v) is 4.16. The average molecular weight is 361 g/mol. The largest absolute Gasteiger partial charge is 0.447 e. The summed E-state index contributed by atoms with van der Waals surface area (Å²) < 4.78 is 12.4. The SMILES string of the molecule is Cc1cc(C)n2nc(C(=O)OC(C)C(=O)N3CC(C)OC(C)C3)nc2n1. The molecular formula is C17H23N5O4. The van der Waals surface area contributed by atoms with Crippen molar-refractivity contribution in [1.29, 1.82) is 0 Å². The minimum absolute atomic E-state index is 0.0528. The third kappa shape index (κ3) is 3.67. The maximum absolute atomic E-state index is 12.6. The predicted molar refractivity (Wildman–Crippen MR) is 91.7 cm³/mol. The number of carbonyl (C=O) groups excluding carboxylic acids is 2. The maximum atomic E-state index is 12.6. The Hall–Kier alpha value is -2.55. The van der Waals surface area contributed by atoms with Gasteiger partial charge in [-0.25, -0.2) is 14.3 Å². The number of nitrogens with zero attached hydrogens (tertiary/aromatic N) is 5. The Morgan fingerprint density at radius 3 is 2.54 bits per heavy atom. The van der Waals surface area contributed by atoms with Crippen LogP contribution in [0.5, 0.6) is 0 Å². The van der Waals surface area contributed by atoms with Crippen LogP contribution in [-0.4, -0.2) is 67.8 Å². The Kier molecular flexibility index (Phi) is 4.90. The molecule has 3 unspecified atom stereocenters. The van der Waals surface area contributed by atoms with Crippen molar-refractivity contribution < 1.29 is 19.1 Å². The molecule has 9 nitrogen and oxygen atoms in total. The summed E-state index contributed by atoms with van der Waals surface area (Å²) in [6, 6.07) is 1.84. The van der Waals surface area contributed by atoms with E-state index in [2.05, 4.69) is 15.1 Å². The van der Waals surface area contributed by atoms with Gasteiger partial charge in [0.25, 0.3) is 17.5 Å². The van der Waals surface area contributed by atoms with Gasteiger partial charge in [0.05, 0.1) is 12.2 Å². The van der Waals surface area contributed by atoms with E-state index in [1.165, 1.54) is 4.52 Å². The molecule has 0 saturated carbocycles. The number of morpholine rings is 1. The number of fused-ring (bicyclic) bond motifs is 1.